The second-order valence-electron chi connectivity index (χ2n) is 7.04. The van der Waals surface area contributed by atoms with Gasteiger partial charge in [-0.1, -0.05) is 37.3 Å². The minimum Gasteiger partial charge on any atom is -0.481 e. The standard InChI is InChI=1S/C17H23NO4/c1-16(2,3)22-15(21)18-10-13(14(19)20)17(4,11-18)12-8-6-5-7-9-12/h5-9,13H,10-11H2,1-4H3,(H,19,20)/t13-,17+/m0/s1. The summed E-state index contributed by atoms with van der Waals surface area (Å²) < 4.78 is 5.37. The molecule has 1 aliphatic rings. The fraction of sp³-hybridized carbons (Fsp3) is 0.529. The average Bonchev–Trinajstić information content (AvgIpc) is 2.78. The van der Waals surface area contributed by atoms with Crippen LogP contribution in [0.15, 0.2) is 30.3 Å². The van der Waals surface area contributed by atoms with Crippen molar-refractivity contribution in [2.75, 3.05) is 13.1 Å². The molecule has 1 aromatic rings. The van der Waals surface area contributed by atoms with Gasteiger partial charge in [0.25, 0.3) is 0 Å². The lowest BCUT2D eigenvalue weighted by Crippen LogP contribution is -2.38. The molecule has 120 valence electrons. The lowest BCUT2D eigenvalue weighted by atomic mass is 9.74. The van der Waals surface area contributed by atoms with E-state index in [1.807, 2.05) is 37.3 Å². The second kappa shape index (κ2) is 5.63. The molecule has 22 heavy (non-hydrogen) atoms. The number of ether oxygens (including phenoxy) is 1. The molecule has 0 radical (unpaired) electrons. The number of amides is 1. The SMILES string of the molecule is CC(C)(C)OC(=O)N1C[C@@H](C(=O)O)[C@@](C)(c2ccccc2)C1. The first-order valence-electron chi connectivity index (χ1n) is 7.40. The van der Waals surface area contributed by atoms with E-state index in [1.165, 1.54) is 4.90 Å². The molecule has 1 aliphatic heterocycles. The number of carboxylic acids is 1. The molecule has 0 bridgehead atoms. The Morgan fingerprint density at radius 3 is 2.36 bits per heavy atom. The van der Waals surface area contributed by atoms with E-state index in [4.69, 9.17) is 4.74 Å². The monoisotopic (exact) mass is 305 g/mol. The van der Waals surface area contributed by atoms with Crippen molar-refractivity contribution in [3.63, 3.8) is 0 Å². The topological polar surface area (TPSA) is 66.8 Å². The Morgan fingerprint density at radius 1 is 1.27 bits per heavy atom. The van der Waals surface area contributed by atoms with Crippen LogP contribution in [-0.4, -0.2) is 40.8 Å². The van der Waals surface area contributed by atoms with E-state index >= 15 is 0 Å². The number of likely N-dealkylation sites (tertiary alicyclic amines) is 1. The number of carboxylic acid groups (broad SMARTS) is 1. The van der Waals surface area contributed by atoms with E-state index < -0.39 is 29.0 Å². The number of carbonyl (C=O) groups excluding carboxylic acids is 1. The van der Waals surface area contributed by atoms with Gasteiger partial charge in [-0.2, -0.15) is 0 Å². The number of rotatable bonds is 2. The van der Waals surface area contributed by atoms with Gasteiger partial charge in [-0.3, -0.25) is 4.79 Å². The smallest absolute Gasteiger partial charge is 0.410 e. The summed E-state index contributed by atoms with van der Waals surface area (Å²) in [5.41, 5.74) is -0.292. The van der Waals surface area contributed by atoms with Crippen LogP contribution in [0.5, 0.6) is 0 Å². The molecule has 5 heteroatoms. The van der Waals surface area contributed by atoms with Gasteiger partial charge < -0.3 is 14.7 Å². The molecule has 1 fully saturated rings. The quantitative estimate of drug-likeness (QED) is 0.912. The Kier molecular flexibility index (Phi) is 4.18. The molecule has 1 aromatic carbocycles. The third kappa shape index (κ3) is 3.24. The first-order chi connectivity index (χ1) is 10.1. The minimum absolute atomic E-state index is 0.162. The molecule has 0 aromatic heterocycles. The van der Waals surface area contributed by atoms with E-state index in [9.17, 15) is 14.7 Å². The largest absolute Gasteiger partial charge is 0.481 e. The van der Waals surface area contributed by atoms with Crippen molar-refractivity contribution in [3.8, 4) is 0 Å². The van der Waals surface area contributed by atoms with Gasteiger partial charge in [-0.15, -0.1) is 0 Å². The summed E-state index contributed by atoms with van der Waals surface area (Å²) in [5.74, 6) is -1.54. The highest BCUT2D eigenvalue weighted by molar-refractivity contribution is 5.77. The van der Waals surface area contributed by atoms with E-state index in [-0.39, 0.29) is 6.54 Å². The van der Waals surface area contributed by atoms with Crippen LogP contribution in [0.3, 0.4) is 0 Å². The van der Waals surface area contributed by atoms with Crippen molar-refractivity contribution in [2.24, 2.45) is 5.92 Å². The average molecular weight is 305 g/mol. The lowest BCUT2D eigenvalue weighted by molar-refractivity contribution is -0.142. The van der Waals surface area contributed by atoms with Gasteiger partial charge in [0.2, 0.25) is 0 Å². The highest BCUT2D eigenvalue weighted by atomic mass is 16.6. The van der Waals surface area contributed by atoms with Crippen molar-refractivity contribution < 1.29 is 19.4 Å². The van der Waals surface area contributed by atoms with Crippen LogP contribution in [0, 0.1) is 5.92 Å². The van der Waals surface area contributed by atoms with Crippen molar-refractivity contribution in [2.45, 2.75) is 38.7 Å². The maximum Gasteiger partial charge on any atom is 0.410 e. The molecule has 0 spiro atoms. The Balaban J connectivity index is 2.28. The van der Waals surface area contributed by atoms with Gasteiger partial charge in [0.05, 0.1) is 5.92 Å². The van der Waals surface area contributed by atoms with Crippen LogP contribution >= 0.6 is 0 Å². The number of hydrogen-bond donors (Lipinski definition) is 1. The molecular weight excluding hydrogens is 282 g/mol. The molecule has 0 saturated carbocycles. The summed E-state index contributed by atoms with van der Waals surface area (Å²) in [4.78, 5) is 25.4. The number of hydrogen-bond acceptors (Lipinski definition) is 3. The Labute approximate surface area is 130 Å². The molecule has 0 unspecified atom stereocenters. The predicted octanol–water partition coefficient (Wildman–Crippen LogP) is 2.90. The molecule has 2 atom stereocenters. The van der Waals surface area contributed by atoms with Crippen molar-refractivity contribution in [1.82, 2.24) is 4.90 Å². The second-order valence-corrected chi connectivity index (χ2v) is 7.04. The maximum atomic E-state index is 12.3. The van der Waals surface area contributed by atoms with Crippen molar-refractivity contribution in [1.29, 1.82) is 0 Å². The summed E-state index contributed by atoms with van der Waals surface area (Å²) in [7, 11) is 0. The molecule has 0 aliphatic carbocycles. The van der Waals surface area contributed by atoms with Crippen LogP contribution in [0.1, 0.15) is 33.3 Å². The fourth-order valence-corrected chi connectivity index (χ4v) is 2.92. The molecule has 1 saturated heterocycles. The Morgan fingerprint density at radius 2 is 1.86 bits per heavy atom. The van der Waals surface area contributed by atoms with Crippen LogP contribution in [-0.2, 0) is 14.9 Å². The predicted molar refractivity (Wildman–Crippen MR) is 82.7 cm³/mol. The third-order valence-corrected chi connectivity index (χ3v) is 4.07. The van der Waals surface area contributed by atoms with Crippen molar-refractivity contribution in [3.05, 3.63) is 35.9 Å². The minimum atomic E-state index is -0.891. The summed E-state index contributed by atoms with van der Waals surface area (Å²) in [6.45, 7) is 7.79. The van der Waals surface area contributed by atoms with E-state index in [2.05, 4.69) is 0 Å². The molecule has 5 nitrogen and oxygen atoms in total. The highest BCUT2D eigenvalue weighted by Crippen LogP contribution is 2.39. The normalized spacial score (nSPS) is 25.1. The van der Waals surface area contributed by atoms with Gasteiger partial charge in [0.15, 0.2) is 0 Å². The zero-order chi connectivity index (χ0) is 16.5. The molecule has 1 N–H and O–H groups in total. The molecular formula is C17H23NO4. The molecule has 1 amide bonds. The van der Waals surface area contributed by atoms with Crippen LogP contribution in [0.25, 0.3) is 0 Å². The third-order valence-electron chi connectivity index (χ3n) is 4.07. The summed E-state index contributed by atoms with van der Waals surface area (Å²) in [6.07, 6.45) is -0.460. The Hall–Kier alpha value is -2.04. The Bertz CT molecular complexity index is 564. The number of benzene rings is 1. The first-order valence-corrected chi connectivity index (χ1v) is 7.40. The number of carbonyl (C=O) groups is 2. The summed E-state index contributed by atoms with van der Waals surface area (Å²) >= 11 is 0. The first kappa shape index (κ1) is 16.3. The van der Waals surface area contributed by atoms with E-state index in [0.717, 1.165) is 5.56 Å². The van der Waals surface area contributed by atoms with Gasteiger partial charge in [0.1, 0.15) is 5.60 Å². The zero-order valence-electron chi connectivity index (χ0n) is 13.5. The van der Waals surface area contributed by atoms with E-state index in [0.29, 0.717) is 6.54 Å². The van der Waals surface area contributed by atoms with Crippen LogP contribution in [0.4, 0.5) is 4.79 Å². The molecule has 1 heterocycles. The fourth-order valence-electron chi connectivity index (χ4n) is 2.92. The van der Waals surface area contributed by atoms with Crippen LogP contribution < -0.4 is 0 Å². The van der Waals surface area contributed by atoms with Gasteiger partial charge in [-0.25, -0.2) is 4.79 Å². The van der Waals surface area contributed by atoms with Gasteiger partial charge >= 0.3 is 12.1 Å². The van der Waals surface area contributed by atoms with Gasteiger partial charge in [-0.05, 0) is 26.3 Å². The zero-order valence-corrected chi connectivity index (χ0v) is 13.5. The maximum absolute atomic E-state index is 12.3. The molecule has 2 rings (SSSR count). The summed E-state index contributed by atoms with van der Waals surface area (Å²) in [5, 5.41) is 9.56. The number of nitrogens with zero attached hydrogens (tertiary/aromatic N) is 1. The highest BCUT2D eigenvalue weighted by Gasteiger charge is 2.50. The van der Waals surface area contributed by atoms with Crippen molar-refractivity contribution >= 4 is 12.1 Å². The lowest BCUT2D eigenvalue weighted by Gasteiger charge is -2.29. The van der Waals surface area contributed by atoms with Crippen LogP contribution in [0.2, 0.25) is 0 Å². The van der Waals surface area contributed by atoms with Gasteiger partial charge in [0, 0.05) is 18.5 Å². The van der Waals surface area contributed by atoms with E-state index in [1.54, 1.807) is 20.8 Å². The number of aliphatic carboxylic acids is 1. The summed E-state index contributed by atoms with van der Waals surface area (Å²) in [6, 6.07) is 9.48.